The van der Waals surface area contributed by atoms with Crippen molar-refractivity contribution in [1.29, 1.82) is 0 Å². The molecule has 0 aliphatic carbocycles. The van der Waals surface area contributed by atoms with Crippen LogP contribution in [0.5, 0.6) is 11.9 Å². The third-order valence-electron chi connectivity index (χ3n) is 9.65. The lowest BCUT2D eigenvalue weighted by molar-refractivity contribution is 0.0487. The monoisotopic (exact) mass is 657 g/mol. The van der Waals surface area contributed by atoms with Crippen LogP contribution >= 0.6 is 11.6 Å². The Hall–Kier alpha value is -3.23. The fraction of sp³-hybridized carbons (Fsp3) is 0.562. The minimum atomic E-state index is -0.922. The minimum absolute atomic E-state index is 0.0247. The number of benzene rings is 1. The topological polar surface area (TPSA) is 142 Å². The average molecular weight is 658 g/mol. The summed E-state index contributed by atoms with van der Waals surface area (Å²) in [6.07, 6.45) is 6.58. The van der Waals surface area contributed by atoms with Crippen LogP contribution in [0.3, 0.4) is 0 Å². The van der Waals surface area contributed by atoms with Gasteiger partial charge in [0, 0.05) is 54.8 Å². The normalized spacial score (nSPS) is 25.1. The number of piperidine rings is 1. The smallest absolute Gasteiger partial charge is 0.320 e. The van der Waals surface area contributed by atoms with Crippen LogP contribution in [0.15, 0.2) is 18.5 Å². The van der Waals surface area contributed by atoms with Crippen LogP contribution in [0, 0.1) is 11.7 Å². The molecule has 3 aromatic heterocycles. The molecule has 0 saturated carbocycles. The third-order valence-corrected chi connectivity index (χ3v) is 9.99. The fourth-order valence-electron chi connectivity index (χ4n) is 7.41. The Bertz CT molecular complexity index is 1730. The first kappa shape index (κ1) is 31.4. The molecular formula is C32H38ClF2N7O4. The molecule has 3 aliphatic rings. The van der Waals surface area contributed by atoms with Crippen molar-refractivity contribution < 1.29 is 28.5 Å². The van der Waals surface area contributed by atoms with Crippen LogP contribution in [0.2, 0.25) is 5.02 Å². The number of aliphatic hydroxyl groups is 1. The maximum Gasteiger partial charge on any atom is 0.320 e. The summed E-state index contributed by atoms with van der Waals surface area (Å²) in [5.41, 5.74) is 1.30. The van der Waals surface area contributed by atoms with Crippen molar-refractivity contribution in [2.24, 2.45) is 5.92 Å². The Morgan fingerprint density at radius 3 is 2.93 bits per heavy atom. The molecule has 14 heteroatoms. The molecule has 3 saturated heterocycles. The Labute approximate surface area is 269 Å². The number of aromatic amines is 1. The van der Waals surface area contributed by atoms with Crippen molar-refractivity contribution in [2.45, 2.75) is 62.8 Å². The molecule has 4 N–H and O–H groups in total. The number of unbranched alkanes of at least 4 members (excludes halogenated alkanes) is 1. The zero-order chi connectivity index (χ0) is 31.8. The van der Waals surface area contributed by atoms with Gasteiger partial charge in [-0.25, -0.2) is 8.78 Å². The first-order valence-corrected chi connectivity index (χ1v) is 16.4. The van der Waals surface area contributed by atoms with Gasteiger partial charge in [-0.2, -0.15) is 15.1 Å². The average Bonchev–Trinajstić information content (AvgIpc) is 3.73. The summed E-state index contributed by atoms with van der Waals surface area (Å²) in [6, 6.07) is 1.60. The second-order valence-corrected chi connectivity index (χ2v) is 13.3. The van der Waals surface area contributed by atoms with Gasteiger partial charge >= 0.3 is 6.01 Å². The molecule has 4 atom stereocenters. The van der Waals surface area contributed by atoms with Crippen molar-refractivity contribution in [1.82, 2.24) is 35.4 Å². The number of H-pyrrole nitrogens is 1. The molecule has 0 unspecified atom stereocenters. The fourth-order valence-corrected chi connectivity index (χ4v) is 7.71. The number of rotatable bonds is 11. The molecule has 0 bridgehead atoms. The lowest BCUT2D eigenvalue weighted by Gasteiger charge is -2.30. The number of halogens is 3. The van der Waals surface area contributed by atoms with Crippen LogP contribution in [0.4, 0.5) is 8.78 Å². The largest absolute Gasteiger partial charge is 0.493 e. The molecule has 46 heavy (non-hydrogen) atoms. The van der Waals surface area contributed by atoms with E-state index in [2.05, 4.69) is 35.4 Å². The zero-order valence-electron chi connectivity index (χ0n) is 25.4. The van der Waals surface area contributed by atoms with Gasteiger partial charge in [-0.1, -0.05) is 11.6 Å². The predicted octanol–water partition coefficient (Wildman–Crippen LogP) is 4.33. The highest BCUT2D eigenvalue weighted by atomic mass is 35.5. The molecule has 3 fully saturated rings. The van der Waals surface area contributed by atoms with Gasteiger partial charge in [0.15, 0.2) is 5.82 Å². The van der Waals surface area contributed by atoms with Gasteiger partial charge in [0.2, 0.25) is 5.88 Å². The number of nitrogens with zero attached hydrogens (tertiary/aromatic N) is 5. The summed E-state index contributed by atoms with van der Waals surface area (Å²) < 4.78 is 42.5. The highest BCUT2D eigenvalue weighted by Gasteiger charge is 2.49. The van der Waals surface area contributed by atoms with E-state index >= 15 is 4.39 Å². The molecule has 0 spiro atoms. The molecule has 0 amide bonds. The van der Waals surface area contributed by atoms with Crippen molar-refractivity contribution in [3.05, 3.63) is 34.9 Å². The number of ether oxygens (including phenoxy) is 2. The van der Waals surface area contributed by atoms with Gasteiger partial charge in [-0.15, -0.1) is 0 Å². The van der Waals surface area contributed by atoms with Gasteiger partial charge in [0.25, 0.3) is 0 Å². The van der Waals surface area contributed by atoms with Crippen LogP contribution in [-0.2, 0) is 11.2 Å². The number of aromatic nitrogens is 5. The van der Waals surface area contributed by atoms with Gasteiger partial charge in [0.1, 0.15) is 24.0 Å². The summed E-state index contributed by atoms with van der Waals surface area (Å²) in [6.45, 7) is 3.92. The van der Waals surface area contributed by atoms with E-state index in [1.807, 2.05) is 0 Å². The Kier molecular flexibility index (Phi) is 8.94. The number of hydrogen-bond donors (Lipinski definition) is 4. The molecule has 4 aromatic rings. The van der Waals surface area contributed by atoms with E-state index < -0.39 is 23.4 Å². The number of nitrogens with one attached hydrogen (secondary N) is 2. The minimum Gasteiger partial charge on any atom is -0.493 e. The Morgan fingerprint density at radius 2 is 2.07 bits per heavy atom. The molecule has 1 aromatic carbocycles. The number of β-amino-alcohol motifs (C(OH)–C–C–N with tert-alkyl or cyclic N) is 1. The van der Waals surface area contributed by atoms with Gasteiger partial charge < -0.3 is 25.0 Å². The van der Waals surface area contributed by atoms with Crippen LogP contribution < -0.4 is 10.1 Å². The maximum atomic E-state index is 16.5. The second-order valence-electron chi connectivity index (χ2n) is 12.9. The van der Waals surface area contributed by atoms with Gasteiger partial charge in [-0.05, 0) is 62.6 Å². The molecular weight excluding hydrogens is 620 g/mol. The number of hydrogen-bond acceptors (Lipinski definition) is 10. The second kappa shape index (κ2) is 13.1. The SMILES string of the molecule is Oc1nc(OC[C@@]23CCCN2C[C@H](F)C3)nc2c(F)c(-c3c(CCCCOC[C@H]4CNC[C@@H](O)C4)c(Cl)cc4[nH]ncc34)ncc12. The van der Waals surface area contributed by atoms with Crippen molar-refractivity contribution in [2.75, 3.05) is 46.0 Å². The zero-order valence-corrected chi connectivity index (χ0v) is 26.2. The quantitative estimate of drug-likeness (QED) is 0.172. The van der Waals surface area contributed by atoms with Gasteiger partial charge in [0.05, 0.1) is 35.3 Å². The Morgan fingerprint density at radius 1 is 1.17 bits per heavy atom. The molecule has 3 aliphatic heterocycles. The summed E-state index contributed by atoms with van der Waals surface area (Å²) >= 11 is 6.77. The van der Waals surface area contributed by atoms with Gasteiger partial charge in [-0.3, -0.25) is 15.0 Å². The van der Waals surface area contributed by atoms with E-state index in [-0.39, 0.29) is 41.2 Å². The number of aromatic hydroxyl groups is 1. The molecule has 6 heterocycles. The van der Waals surface area contributed by atoms with Crippen molar-refractivity contribution in [3.63, 3.8) is 0 Å². The molecule has 0 radical (unpaired) electrons. The summed E-state index contributed by atoms with van der Waals surface area (Å²) in [5, 5.41) is 32.0. The standard InChI is InChI=1S/C32H38ClF2N7O4/c33-24-9-25-22(14-38-41-25)26(21(24)4-1-2-7-45-16-18-8-20(43)12-36-11-18)29-27(35)28-23(13-37-29)30(44)40-31(39-28)46-17-32-5-3-6-42(32)15-19(34)10-32/h9,13-14,18-20,36,43H,1-8,10-12,15-17H2,(H,38,41)(H,39,40,44)/t18-,19-,20+,32+/m1/s1. The van der Waals surface area contributed by atoms with E-state index in [0.29, 0.717) is 60.6 Å². The van der Waals surface area contributed by atoms with Crippen molar-refractivity contribution in [3.8, 4) is 23.1 Å². The summed E-state index contributed by atoms with van der Waals surface area (Å²) in [7, 11) is 0. The molecule has 7 rings (SSSR count). The first-order chi connectivity index (χ1) is 22.3. The molecule has 11 nitrogen and oxygen atoms in total. The van der Waals surface area contributed by atoms with E-state index in [4.69, 9.17) is 21.1 Å². The number of fused-ring (bicyclic) bond motifs is 3. The lowest BCUT2D eigenvalue weighted by atomic mass is 9.95. The summed E-state index contributed by atoms with van der Waals surface area (Å²) in [4.78, 5) is 14.9. The number of alkyl halides is 1. The van der Waals surface area contributed by atoms with Crippen molar-refractivity contribution >= 4 is 33.4 Å². The lowest BCUT2D eigenvalue weighted by Crippen LogP contribution is -2.43. The van der Waals surface area contributed by atoms with E-state index in [9.17, 15) is 14.6 Å². The Balaban J connectivity index is 1.12. The van der Waals surface area contributed by atoms with E-state index in [0.717, 1.165) is 50.8 Å². The third kappa shape index (κ3) is 6.11. The number of aliphatic hydroxyl groups excluding tert-OH is 1. The van der Waals surface area contributed by atoms with Crippen LogP contribution in [0.25, 0.3) is 33.1 Å². The van der Waals surface area contributed by atoms with Crippen LogP contribution in [-0.4, -0.2) is 104 Å². The first-order valence-electron chi connectivity index (χ1n) is 16.0. The predicted molar refractivity (Wildman–Crippen MR) is 168 cm³/mol. The molecule has 246 valence electrons. The summed E-state index contributed by atoms with van der Waals surface area (Å²) in [5.74, 6) is -0.915. The maximum absolute atomic E-state index is 16.5. The highest BCUT2D eigenvalue weighted by Crippen LogP contribution is 2.42. The van der Waals surface area contributed by atoms with Crippen LogP contribution in [0.1, 0.15) is 44.1 Å². The highest BCUT2D eigenvalue weighted by molar-refractivity contribution is 6.33. The van der Waals surface area contributed by atoms with E-state index in [1.54, 1.807) is 12.3 Å². The van der Waals surface area contributed by atoms with E-state index in [1.165, 1.54) is 6.20 Å². The number of pyridine rings is 1.